The normalized spacial score (nSPS) is 12.3. The van der Waals surface area contributed by atoms with E-state index < -0.39 is 0 Å². The van der Waals surface area contributed by atoms with Crippen molar-refractivity contribution in [2.75, 3.05) is 0 Å². The molecule has 0 aliphatic carbocycles. The monoisotopic (exact) mass is 326 g/mol. The van der Waals surface area contributed by atoms with Crippen LogP contribution < -0.4 is 4.74 Å². The predicted octanol–water partition coefficient (Wildman–Crippen LogP) is 5.74. The number of hydrogen-bond donors (Lipinski definition) is 0. The van der Waals surface area contributed by atoms with Gasteiger partial charge in [0.15, 0.2) is 0 Å². The van der Waals surface area contributed by atoms with Crippen molar-refractivity contribution in [3.8, 4) is 5.75 Å². The van der Waals surface area contributed by atoms with E-state index in [0.29, 0.717) is 0 Å². The van der Waals surface area contributed by atoms with E-state index >= 15 is 0 Å². The molecule has 0 aliphatic heterocycles. The molecule has 3 aromatic carbocycles. The van der Waals surface area contributed by atoms with Crippen LogP contribution in [0.3, 0.4) is 0 Å². The quantitative estimate of drug-likeness (QED) is 0.596. The van der Waals surface area contributed by atoms with Crippen LogP contribution in [0.25, 0.3) is 10.8 Å². The second-order valence-corrected chi connectivity index (χ2v) is 5.56. The molecule has 0 saturated heterocycles. The van der Waals surface area contributed by atoms with Gasteiger partial charge in [-0.25, -0.2) is 0 Å². The third kappa shape index (κ3) is 2.56. The topological polar surface area (TPSA) is 9.23 Å². The highest BCUT2D eigenvalue weighted by Crippen LogP contribution is 2.35. The van der Waals surface area contributed by atoms with E-state index in [0.717, 1.165) is 10.2 Å². The lowest BCUT2D eigenvalue weighted by Gasteiger charge is -2.17. The molecule has 1 nitrogen and oxygen atoms in total. The van der Waals surface area contributed by atoms with Crippen LogP contribution in [0.2, 0.25) is 0 Å². The lowest BCUT2D eigenvalue weighted by atomic mass is 10.1. The Balaban J connectivity index is 1.93. The Kier molecular flexibility index (Phi) is 3.75. The van der Waals surface area contributed by atoms with E-state index in [1.54, 1.807) is 0 Å². The average Bonchev–Trinajstić information content (AvgIpc) is 2.51. The highest BCUT2D eigenvalue weighted by molar-refractivity contribution is 9.10. The van der Waals surface area contributed by atoms with Gasteiger partial charge in [0.25, 0.3) is 0 Å². The fourth-order valence-electron chi connectivity index (χ4n) is 2.29. The maximum absolute atomic E-state index is 6.09. The molecule has 3 rings (SSSR count). The molecule has 0 spiro atoms. The minimum absolute atomic E-state index is 0.0219. The van der Waals surface area contributed by atoms with E-state index in [4.69, 9.17) is 4.74 Å². The number of ether oxygens (including phenoxy) is 1. The molecule has 0 bridgehead atoms. The molecule has 2 heteroatoms. The summed E-state index contributed by atoms with van der Waals surface area (Å²) >= 11 is 3.66. The number of rotatable bonds is 3. The largest absolute Gasteiger partial charge is 0.485 e. The zero-order valence-corrected chi connectivity index (χ0v) is 12.8. The molecular formula is C18H15BrO. The molecule has 0 aromatic heterocycles. The van der Waals surface area contributed by atoms with Gasteiger partial charge in [-0.1, -0.05) is 60.7 Å². The van der Waals surface area contributed by atoms with Crippen molar-refractivity contribution in [1.82, 2.24) is 0 Å². The zero-order chi connectivity index (χ0) is 13.9. The van der Waals surface area contributed by atoms with E-state index in [-0.39, 0.29) is 6.10 Å². The number of benzene rings is 3. The Bertz CT molecular complexity index is 722. The van der Waals surface area contributed by atoms with Crippen molar-refractivity contribution in [2.24, 2.45) is 0 Å². The van der Waals surface area contributed by atoms with Gasteiger partial charge >= 0.3 is 0 Å². The van der Waals surface area contributed by atoms with Crippen LogP contribution >= 0.6 is 15.9 Å². The summed E-state index contributed by atoms with van der Waals surface area (Å²) in [6.07, 6.45) is 0.0219. The lowest BCUT2D eigenvalue weighted by molar-refractivity contribution is 0.226. The smallest absolute Gasteiger partial charge is 0.135 e. The van der Waals surface area contributed by atoms with Gasteiger partial charge in [-0.2, -0.15) is 0 Å². The first-order valence-electron chi connectivity index (χ1n) is 6.64. The van der Waals surface area contributed by atoms with Crippen LogP contribution in [-0.4, -0.2) is 0 Å². The third-order valence-corrected chi connectivity index (χ3v) is 4.22. The fraction of sp³-hybridized carbons (Fsp3) is 0.111. The second-order valence-electron chi connectivity index (χ2n) is 4.77. The molecule has 3 aromatic rings. The average molecular weight is 327 g/mol. The van der Waals surface area contributed by atoms with Crippen LogP contribution in [0.15, 0.2) is 71.2 Å². The van der Waals surface area contributed by atoms with Crippen molar-refractivity contribution in [3.05, 3.63) is 76.8 Å². The van der Waals surface area contributed by atoms with Gasteiger partial charge in [0.1, 0.15) is 11.9 Å². The summed E-state index contributed by atoms with van der Waals surface area (Å²) in [7, 11) is 0. The fourth-order valence-corrected chi connectivity index (χ4v) is 2.87. The van der Waals surface area contributed by atoms with Gasteiger partial charge in [0.2, 0.25) is 0 Å². The van der Waals surface area contributed by atoms with Crippen molar-refractivity contribution < 1.29 is 4.74 Å². The van der Waals surface area contributed by atoms with Crippen molar-refractivity contribution >= 4 is 26.7 Å². The van der Waals surface area contributed by atoms with Gasteiger partial charge in [-0.3, -0.25) is 0 Å². The highest BCUT2D eigenvalue weighted by Gasteiger charge is 2.11. The second kappa shape index (κ2) is 5.68. The molecule has 0 amide bonds. The van der Waals surface area contributed by atoms with Gasteiger partial charge in [0, 0.05) is 0 Å². The molecule has 0 aliphatic rings. The van der Waals surface area contributed by atoms with Crippen LogP contribution in [-0.2, 0) is 0 Å². The Morgan fingerprint density at radius 2 is 1.55 bits per heavy atom. The summed E-state index contributed by atoms with van der Waals surface area (Å²) in [4.78, 5) is 0. The molecule has 1 atom stereocenters. The van der Waals surface area contributed by atoms with Gasteiger partial charge in [0.05, 0.1) is 4.47 Å². The Morgan fingerprint density at radius 3 is 2.35 bits per heavy atom. The Morgan fingerprint density at radius 1 is 0.850 bits per heavy atom. The number of halogens is 1. The van der Waals surface area contributed by atoms with E-state index in [1.165, 1.54) is 16.3 Å². The highest BCUT2D eigenvalue weighted by atomic mass is 79.9. The lowest BCUT2D eigenvalue weighted by Crippen LogP contribution is -2.03. The zero-order valence-electron chi connectivity index (χ0n) is 11.2. The van der Waals surface area contributed by atoms with Crippen LogP contribution in [0, 0.1) is 0 Å². The maximum Gasteiger partial charge on any atom is 0.135 e. The van der Waals surface area contributed by atoms with E-state index in [9.17, 15) is 0 Å². The molecule has 0 heterocycles. The molecule has 0 N–H and O–H groups in total. The summed E-state index contributed by atoms with van der Waals surface area (Å²) in [5.74, 6) is 0.875. The van der Waals surface area contributed by atoms with Gasteiger partial charge < -0.3 is 4.74 Å². The first-order valence-corrected chi connectivity index (χ1v) is 7.44. The predicted molar refractivity (Wildman–Crippen MR) is 87.1 cm³/mol. The first kappa shape index (κ1) is 13.2. The maximum atomic E-state index is 6.09. The summed E-state index contributed by atoms with van der Waals surface area (Å²) in [5.41, 5.74) is 1.17. The molecule has 1 unspecified atom stereocenters. The van der Waals surface area contributed by atoms with Crippen LogP contribution in [0.5, 0.6) is 5.75 Å². The van der Waals surface area contributed by atoms with Crippen molar-refractivity contribution in [2.45, 2.75) is 13.0 Å². The summed E-state index contributed by atoms with van der Waals surface area (Å²) in [6, 6.07) is 22.6. The van der Waals surface area contributed by atoms with Crippen LogP contribution in [0.1, 0.15) is 18.6 Å². The number of fused-ring (bicyclic) bond motifs is 1. The summed E-state index contributed by atoms with van der Waals surface area (Å²) in [6.45, 7) is 2.07. The van der Waals surface area contributed by atoms with E-state index in [1.807, 2.05) is 36.4 Å². The molecule has 0 saturated carbocycles. The molecule has 0 fully saturated rings. The minimum atomic E-state index is 0.0219. The number of hydrogen-bond acceptors (Lipinski definition) is 1. The van der Waals surface area contributed by atoms with Gasteiger partial charge in [-0.05, 0) is 45.3 Å². The summed E-state index contributed by atoms with van der Waals surface area (Å²) in [5, 5.41) is 2.38. The summed E-state index contributed by atoms with van der Waals surface area (Å²) < 4.78 is 7.10. The van der Waals surface area contributed by atoms with Crippen LogP contribution in [0.4, 0.5) is 0 Å². The van der Waals surface area contributed by atoms with Crippen molar-refractivity contribution in [1.29, 1.82) is 0 Å². The minimum Gasteiger partial charge on any atom is -0.485 e. The Labute approximate surface area is 127 Å². The molecule has 20 heavy (non-hydrogen) atoms. The van der Waals surface area contributed by atoms with Gasteiger partial charge in [-0.15, -0.1) is 0 Å². The van der Waals surface area contributed by atoms with Crippen molar-refractivity contribution in [3.63, 3.8) is 0 Å². The molecule has 0 radical (unpaired) electrons. The van der Waals surface area contributed by atoms with E-state index in [2.05, 4.69) is 53.2 Å². The third-order valence-electron chi connectivity index (χ3n) is 3.40. The molecular weight excluding hydrogens is 312 g/mol. The SMILES string of the molecule is CC(Oc1ccc2ccccc2c1Br)c1ccccc1. The molecule has 100 valence electrons. The first-order chi connectivity index (χ1) is 9.75. The standard InChI is InChI=1S/C18H15BrO/c1-13(14-7-3-2-4-8-14)20-17-12-11-15-9-5-6-10-16(15)18(17)19/h2-13H,1H3. The Hall–Kier alpha value is -1.80.